The number of nitrogens with one attached hydrogen (secondary N) is 2. The predicted molar refractivity (Wildman–Crippen MR) is 136 cm³/mol. The fraction of sp³-hybridized carbons (Fsp3) is 0.357. The second-order valence-corrected chi connectivity index (χ2v) is 9.22. The molecule has 182 valence electrons. The van der Waals surface area contributed by atoms with Gasteiger partial charge in [0.1, 0.15) is 0 Å². The van der Waals surface area contributed by atoms with E-state index in [1.54, 1.807) is 0 Å². The van der Waals surface area contributed by atoms with E-state index in [9.17, 15) is 14.4 Å². The van der Waals surface area contributed by atoms with Crippen molar-refractivity contribution in [1.29, 1.82) is 0 Å². The molecule has 0 aliphatic heterocycles. The number of aromatic nitrogens is 1. The largest absolute Gasteiger partial charge is 0.449 e. The zero-order chi connectivity index (χ0) is 25.1. The van der Waals surface area contributed by atoms with Crippen molar-refractivity contribution >= 4 is 34.4 Å². The third-order valence-corrected chi connectivity index (χ3v) is 6.44. The van der Waals surface area contributed by atoms with Crippen LogP contribution in [-0.2, 0) is 27.2 Å². The van der Waals surface area contributed by atoms with E-state index in [1.807, 2.05) is 57.2 Å². The Morgan fingerprint density at radius 3 is 2.49 bits per heavy atom. The molecule has 0 spiro atoms. The fourth-order valence-electron chi connectivity index (χ4n) is 4.55. The molecule has 7 nitrogen and oxygen atoms in total. The highest BCUT2D eigenvalue weighted by molar-refractivity contribution is 6.06. The van der Waals surface area contributed by atoms with Crippen LogP contribution in [0.25, 0.3) is 10.9 Å². The Morgan fingerprint density at radius 1 is 1.03 bits per heavy atom. The number of fused-ring (bicyclic) bond motifs is 2. The van der Waals surface area contributed by atoms with Crippen molar-refractivity contribution in [2.75, 3.05) is 11.9 Å². The molecule has 1 aliphatic rings. The lowest BCUT2D eigenvalue weighted by Gasteiger charge is -2.21. The Balaban J connectivity index is 1.45. The molecule has 1 aliphatic carbocycles. The number of anilines is 1. The molecule has 7 heteroatoms. The highest BCUT2D eigenvalue weighted by atomic mass is 16.5. The molecule has 0 saturated carbocycles. The Labute approximate surface area is 205 Å². The van der Waals surface area contributed by atoms with Gasteiger partial charge in [-0.2, -0.15) is 0 Å². The number of esters is 1. The van der Waals surface area contributed by atoms with Crippen LogP contribution in [-0.4, -0.2) is 35.4 Å². The monoisotopic (exact) mass is 473 g/mol. The summed E-state index contributed by atoms with van der Waals surface area (Å²) in [5, 5.41) is 6.14. The average molecular weight is 474 g/mol. The van der Waals surface area contributed by atoms with Crippen molar-refractivity contribution in [2.45, 2.75) is 59.5 Å². The molecule has 0 bridgehead atoms. The number of benzene rings is 2. The van der Waals surface area contributed by atoms with Gasteiger partial charge in [0.15, 0.2) is 6.10 Å². The molecule has 1 aromatic heterocycles. The molecule has 35 heavy (non-hydrogen) atoms. The van der Waals surface area contributed by atoms with Crippen LogP contribution in [0.5, 0.6) is 0 Å². The maximum atomic E-state index is 13.3. The molecule has 0 fully saturated rings. The third kappa shape index (κ3) is 5.34. The molecule has 3 aromatic rings. The van der Waals surface area contributed by atoms with Crippen LogP contribution in [0.2, 0.25) is 0 Å². The van der Waals surface area contributed by atoms with Crippen LogP contribution < -0.4 is 10.6 Å². The van der Waals surface area contributed by atoms with Gasteiger partial charge in [-0.3, -0.25) is 14.6 Å². The molecule has 2 aromatic carbocycles. The minimum Gasteiger partial charge on any atom is -0.449 e. The molecule has 1 heterocycles. The van der Waals surface area contributed by atoms with Crippen LogP contribution in [0.3, 0.4) is 0 Å². The van der Waals surface area contributed by atoms with Crippen LogP contribution >= 0.6 is 0 Å². The van der Waals surface area contributed by atoms with Crippen LogP contribution in [0.15, 0.2) is 36.4 Å². The maximum Gasteiger partial charge on any atom is 0.339 e. The Bertz CT molecular complexity index is 1300. The van der Waals surface area contributed by atoms with Crippen molar-refractivity contribution in [2.24, 2.45) is 0 Å². The summed E-state index contributed by atoms with van der Waals surface area (Å²) in [6.45, 7) is 7.07. The summed E-state index contributed by atoms with van der Waals surface area (Å²) in [4.78, 5) is 43.1. The van der Waals surface area contributed by atoms with E-state index in [-0.39, 0.29) is 12.5 Å². The van der Waals surface area contributed by atoms with Crippen molar-refractivity contribution < 1.29 is 19.1 Å². The van der Waals surface area contributed by atoms with Crippen molar-refractivity contribution in [3.63, 3.8) is 0 Å². The van der Waals surface area contributed by atoms with Gasteiger partial charge in [0.2, 0.25) is 5.91 Å². The number of carbonyl (C=O) groups is 3. The third-order valence-electron chi connectivity index (χ3n) is 6.44. The Morgan fingerprint density at radius 2 is 1.74 bits per heavy atom. The van der Waals surface area contributed by atoms with Gasteiger partial charge >= 0.3 is 5.97 Å². The number of hydrogen-bond acceptors (Lipinski definition) is 5. The van der Waals surface area contributed by atoms with Crippen LogP contribution in [0, 0.1) is 20.8 Å². The molecule has 1 atom stereocenters. The molecular weight excluding hydrogens is 442 g/mol. The standard InChI is InChI=1S/C28H31N3O4/c1-16-12-13-23-21(14-16)25(20-10-5-6-11-22(20)30-23)28(34)35-19(4)27(33)29-15-24(32)31-26-17(2)8-7-9-18(26)3/h7-9,12-14,19H,5-6,10-11,15H2,1-4H3,(H,29,33)(H,31,32). The van der Waals surface area contributed by atoms with Gasteiger partial charge in [-0.15, -0.1) is 0 Å². The van der Waals surface area contributed by atoms with Crippen molar-refractivity contribution in [3.05, 3.63) is 69.9 Å². The van der Waals surface area contributed by atoms with Gasteiger partial charge < -0.3 is 15.4 Å². The van der Waals surface area contributed by atoms with Gasteiger partial charge in [-0.1, -0.05) is 29.8 Å². The zero-order valence-corrected chi connectivity index (χ0v) is 20.7. The van der Waals surface area contributed by atoms with E-state index in [2.05, 4.69) is 10.6 Å². The van der Waals surface area contributed by atoms with E-state index < -0.39 is 18.0 Å². The second-order valence-electron chi connectivity index (χ2n) is 9.22. The number of rotatable bonds is 6. The number of para-hydroxylation sites is 1. The van der Waals surface area contributed by atoms with E-state index >= 15 is 0 Å². The normalized spacial score (nSPS) is 13.6. The number of hydrogen-bond donors (Lipinski definition) is 2. The molecule has 4 rings (SSSR count). The molecule has 2 N–H and O–H groups in total. The smallest absolute Gasteiger partial charge is 0.339 e. The zero-order valence-electron chi connectivity index (χ0n) is 20.7. The molecule has 1 unspecified atom stereocenters. The number of ether oxygens (including phenoxy) is 1. The van der Waals surface area contributed by atoms with Gasteiger partial charge in [0.25, 0.3) is 5.91 Å². The lowest BCUT2D eigenvalue weighted by Crippen LogP contribution is -2.40. The Hall–Kier alpha value is -3.74. The molecular formula is C28H31N3O4. The summed E-state index contributed by atoms with van der Waals surface area (Å²) in [6, 6.07) is 11.6. The summed E-state index contributed by atoms with van der Waals surface area (Å²) in [5.74, 6) is -1.42. The summed E-state index contributed by atoms with van der Waals surface area (Å²) < 4.78 is 5.59. The SMILES string of the molecule is Cc1ccc2nc3c(c(C(=O)OC(C)C(=O)NCC(=O)Nc4c(C)cccc4C)c2c1)CCCC3. The maximum absolute atomic E-state index is 13.3. The highest BCUT2D eigenvalue weighted by Gasteiger charge is 2.27. The lowest BCUT2D eigenvalue weighted by molar-refractivity contribution is -0.130. The summed E-state index contributed by atoms with van der Waals surface area (Å²) in [7, 11) is 0. The lowest BCUT2D eigenvalue weighted by atomic mass is 9.89. The highest BCUT2D eigenvalue weighted by Crippen LogP contribution is 2.30. The van der Waals surface area contributed by atoms with E-state index in [1.165, 1.54) is 6.92 Å². The molecule has 0 saturated heterocycles. The predicted octanol–water partition coefficient (Wildman–Crippen LogP) is 4.34. The Kier molecular flexibility index (Phi) is 7.15. The van der Waals surface area contributed by atoms with Gasteiger partial charge in [-0.05, 0) is 82.2 Å². The first kappa shape index (κ1) is 24.4. The minimum atomic E-state index is -1.05. The van der Waals surface area contributed by atoms with E-state index in [0.717, 1.165) is 70.2 Å². The summed E-state index contributed by atoms with van der Waals surface area (Å²) >= 11 is 0. The summed E-state index contributed by atoms with van der Waals surface area (Å²) in [6.07, 6.45) is 2.55. The number of carbonyl (C=O) groups excluding carboxylic acids is 3. The van der Waals surface area contributed by atoms with Crippen LogP contribution in [0.1, 0.15) is 58.1 Å². The molecule has 2 amide bonds. The number of amides is 2. The van der Waals surface area contributed by atoms with Gasteiger partial charge in [0, 0.05) is 16.8 Å². The second kappa shape index (κ2) is 10.3. The van der Waals surface area contributed by atoms with Gasteiger partial charge in [-0.25, -0.2) is 4.79 Å². The summed E-state index contributed by atoms with van der Waals surface area (Å²) in [5.41, 5.74) is 6.73. The first-order chi connectivity index (χ1) is 16.7. The molecule has 0 radical (unpaired) electrons. The fourth-order valence-corrected chi connectivity index (χ4v) is 4.55. The number of pyridine rings is 1. The average Bonchev–Trinajstić information content (AvgIpc) is 2.83. The van der Waals surface area contributed by atoms with Crippen molar-refractivity contribution in [3.8, 4) is 0 Å². The first-order valence-electron chi connectivity index (χ1n) is 12.0. The van der Waals surface area contributed by atoms with E-state index in [4.69, 9.17) is 9.72 Å². The number of aryl methyl sites for hydroxylation is 4. The van der Waals surface area contributed by atoms with Gasteiger partial charge in [0.05, 0.1) is 17.6 Å². The quantitative estimate of drug-likeness (QED) is 0.519. The van der Waals surface area contributed by atoms with E-state index in [0.29, 0.717) is 5.56 Å². The topological polar surface area (TPSA) is 97.4 Å². The minimum absolute atomic E-state index is 0.221. The first-order valence-corrected chi connectivity index (χ1v) is 12.0. The number of nitrogens with zero attached hydrogens (tertiary/aromatic N) is 1. The van der Waals surface area contributed by atoms with Crippen LogP contribution in [0.4, 0.5) is 5.69 Å². The van der Waals surface area contributed by atoms with Crippen molar-refractivity contribution in [1.82, 2.24) is 10.3 Å².